The molecule has 0 unspecified atom stereocenters. The second-order valence-electron chi connectivity index (χ2n) is 7.11. The molecule has 1 amide bonds. The van der Waals surface area contributed by atoms with Gasteiger partial charge in [0.1, 0.15) is 18.1 Å². The number of benzene rings is 2. The molecule has 0 atom stereocenters. The molecule has 0 fully saturated rings. The Kier molecular flexibility index (Phi) is 7.15. The van der Waals surface area contributed by atoms with Crippen LogP contribution in [0.5, 0.6) is 10.9 Å². The lowest BCUT2D eigenvalue weighted by Crippen LogP contribution is -2.14. The van der Waals surface area contributed by atoms with E-state index in [1.54, 1.807) is 31.4 Å². The van der Waals surface area contributed by atoms with E-state index in [1.165, 1.54) is 13.1 Å². The number of pyridine rings is 1. The van der Waals surface area contributed by atoms with Crippen LogP contribution in [0.4, 0.5) is 5.13 Å². The standard InChI is InChI=1S/C24H19ClN4O4S/c1-14(30)20-11-18(17-5-3-4-6-21(17)32-2)19(12-26-20)22(31)27-23-28-29-24(34-23)33-13-15-7-9-16(25)10-8-15/h3-12H,13H2,1-2H3,(H,27,28,31). The fourth-order valence-electron chi connectivity index (χ4n) is 3.13. The van der Waals surface area contributed by atoms with E-state index in [4.69, 9.17) is 21.1 Å². The molecule has 172 valence electrons. The number of hydrogen-bond donors (Lipinski definition) is 1. The Morgan fingerprint density at radius 2 is 1.82 bits per heavy atom. The van der Waals surface area contributed by atoms with Gasteiger partial charge in [-0.15, -0.1) is 5.10 Å². The van der Waals surface area contributed by atoms with Crippen LogP contribution < -0.4 is 14.8 Å². The number of hydrogen-bond acceptors (Lipinski definition) is 8. The summed E-state index contributed by atoms with van der Waals surface area (Å²) in [4.78, 5) is 29.2. The fraction of sp³-hybridized carbons (Fsp3) is 0.125. The van der Waals surface area contributed by atoms with Gasteiger partial charge in [-0.05, 0) is 41.2 Å². The van der Waals surface area contributed by atoms with Crippen LogP contribution in [0.25, 0.3) is 11.1 Å². The molecule has 1 N–H and O–H groups in total. The number of amides is 1. The molecule has 0 saturated carbocycles. The van der Waals surface area contributed by atoms with E-state index in [9.17, 15) is 9.59 Å². The zero-order valence-corrected chi connectivity index (χ0v) is 19.8. The number of anilines is 1. The summed E-state index contributed by atoms with van der Waals surface area (Å²) in [6.07, 6.45) is 1.37. The van der Waals surface area contributed by atoms with Crippen molar-refractivity contribution in [3.8, 4) is 22.1 Å². The van der Waals surface area contributed by atoms with E-state index in [0.717, 1.165) is 16.9 Å². The Hall–Kier alpha value is -3.82. The second-order valence-corrected chi connectivity index (χ2v) is 8.49. The number of aromatic nitrogens is 3. The average molecular weight is 495 g/mol. The van der Waals surface area contributed by atoms with Crippen molar-refractivity contribution in [1.82, 2.24) is 15.2 Å². The largest absolute Gasteiger partial charge is 0.496 e. The van der Waals surface area contributed by atoms with E-state index < -0.39 is 5.91 Å². The number of para-hydroxylation sites is 1. The Balaban J connectivity index is 1.55. The molecule has 0 aliphatic rings. The summed E-state index contributed by atoms with van der Waals surface area (Å²) in [5, 5.41) is 11.9. The normalized spacial score (nSPS) is 10.6. The molecule has 0 saturated heterocycles. The van der Waals surface area contributed by atoms with Crippen LogP contribution in [0.15, 0.2) is 60.8 Å². The third-order valence-corrected chi connectivity index (χ3v) is 5.81. The molecule has 4 rings (SSSR count). The molecule has 0 bridgehead atoms. The van der Waals surface area contributed by atoms with E-state index in [-0.39, 0.29) is 28.8 Å². The van der Waals surface area contributed by atoms with Gasteiger partial charge in [0.15, 0.2) is 5.78 Å². The van der Waals surface area contributed by atoms with Crippen molar-refractivity contribution in [2.45, 2.75) is 13.5 Å². The highest BCUT2D eigenvalue weighted by Crippen LogP contribution is 2.33. The molecule has 4 aromatic rings. The van der Waals surface area contributed by atoms with Gasteiger partial charge in [0.2, 0.25) is 5.13 Å². The predicted octanol–water partition coefficient (Wildman–Crippen LogP) is 5.30. The molecule has 2 heterocycles. The molecule has 2 aromatic heterocycles. The van der Waals surface area contributed by atoms with Gasteiger partial charge in [0, 0.05) is 29.3 Å². The first-order valence-corrected chi connectivity index (χ1v) is 11.3. The lowest BCUT2D eigenvalue weighted by Gasteiger charge is -2.13. The Labute approximate surface area is 204 Å². The summed E-state index contributed by atoms with van der Waals surface area (Å²) < 4.78 is 11.1. The van der Waals surface area contributed by atoms with Gasteiger partial charge in [0.25, 0.3) is 11.1 Å². The third kappa shape index (κ3) is 5.38. The fourth-order valence-corrected chi connectivity index (χ4v) is 3.84. The van der Waals surface area contributed by atoms with Crippen LogP contribution in [0.3, 0.4) is 0 Å². The van der Waals surface area contributed by atoms with Crippen LogP contribution in [0.1, 0.15) is 33.3 Å². The predicted molar refractivity (Wildman–Crippen MR) is 130 cm³/mol. The highest BCUT2D eigenvalue weighted by molar-refractivity contribution is 7.17. The van der Waals surface area contributed by atoms with Crippen molar-refractivity contribution < 1.29 is 19.1 Å². The minimum atomic E-state index is -0.455. The maximum absolute atomic E-state index is 13.1. The number of rotatable bonds is 8. The summed E-state index contributed by atoms with van der Waals surface area (Å²) in [5.74, 6) is -0.107. The summed E-state index contributed by atoms with van der Waals surface area (Å²) in [5.41, 5.74) is 2.59. The lowest BCUT2D eigenvalue weighted by molar-refractivity contribution is 0.100. The van der Waals surface area contributed by atoms with E-state index in [0.29, 0.717) is 27.1 Å². The maximum atomic E-state index is 13.1. The quantitative estimate of drug-likeness (QED) is 0.331. The molecule has 0 aliphatic heterocycles. The Morgan fingerprint density at radius 3 is 2.56 bits per heavy atom. The molecule has 10 heteroatoms. The monoisotopic (exact) mass is 494 g/mol. The zero-order valence-electron chi connectivity index (χ0n) is 18.2. The number of nitrogens with one attached hydrogen (secondary N) is 1. The van der Waals surface area contributed by atoms with Gasteiger partial charge in [-0.3, -0.25) is 19.9 Å². The molecule has 0 radical (unpaired) electrons. The van der Waals surface area contributed by atoms with Crippen molar-refractivity contribution in [3.63, 3.8) is 0 Å². The van der Waals surface area contributed by atoms with Gasteiger partial charge in [0.05, 0.1) is 12.7 Å². The Morgan fingerprint density at radius 1 is 1.06 bits per heavy atom. The number of ketones is 1. The maximum Gasteiger partial charge on any atom is 0.296 e. The SMILES string of the molecule is COc1ccccc1-c1cc(C(C)=O)ncc1C(=O)Nc1nnc(OCc2ccc(Cl)cc2)s1. The highest BCUT2D eigenvalue weighted by Gasteiger charge is 2.20. The molecule has 8 nitrogen and oxygen atoms in total. The first-order valence-electron chi connectivity index (χ1n) is 10.1. The summed E-state index contributed by atoms with van der Waals surface area (Å²) in [6, 6.07) is 16.1. The van der Waals surface area contributed by atoms with Crippen molar-refractivity contribution in [2.24, 2.45) is 0 Å². The van der Waals surface area contributed by atoms with Crippen molar-refractivity contribution in [2.75, 3.05) is 12.4 Å². The van der Waals surface area contributed by atoms with Gasteiger partial charge in [-0.25, -0.2) is 0 Å². The summed E-state index contributed by atoms with van der Waals surface area (Å²) >= 11 is 6.99. The van der Waals surface area contributed by atoms with Gasteiger partial charge < -0.3 is 9.47 Å². The molecule has 34 heavy (non-hydrogen) atoms. The number of nitrogens with zero attached hydrogens (tertiary/aromatic N) is 3. The van der Waals surface area contributed by atoms with E-state index in [1.807, 2.05) is 30.3 Å². The topological polar surface area (TPSA) is 103 Å². The number of carbonyl (C=O) groups excluding carboxylic acids is 2. The number of methoxy groups -OCH3 is 1. The number of carbonyl (C=O) groups is 2. The molecular weight excluding hydrogens is 476 g/mol. The van der Waals surface area contributed by atoms with Crippen molar-refractivity contribution in [3.05, 3.63) is 82.6 Å². The minimum Gasteiger partial charge on any atom is -0.496 e. The van der Waals surface area contributed by atoms with Crippen LogP contribution >= 0.6 is 22.9 Å². The Bertz CT molecular complexity index is 1340. The smallest absolute Gasteiger partial charge is 0.296 e. The molecule has 0 aliphatic carbocycles. The third-order valence-electron chi connectivity index (χ3n) is 4.81. The summed E-state index contributed by atoms with van der Waals surface area (Å²) in [6.45, 7) is 1.70. The van der Waals surface area contributed by atoms with E-state index in [2.05, 4.69) is 20.5 Å². The first kappa shape index (κ1) is 23.3. The average Bonchev–Trinajstić information content (AvgIpc) is 3.30. The molecule has 0 spiro atoms. The molecular formula is C24H19ClN4O4S. The zero-order chi connectivity index (χ0) is 24.1. The highest BCUT2D eigenvalue weighted by atomic mass is 35.5. The number of Topliss-reactive ketones (excluding diaryl/α,β-unsaturated/α-hetero) is 1. The lowest BCUT2D eigenvalue weighted by atomic mass is 9.98. The van der Waals surface area contributed by atoms with Crippen LogP contribution in [0, 0.1) is 0 Å². The summed E-state index contributed by atoms with van der Waals surface area (Å²) in [7, 11) is 1.54. The first-order chi connectivity index (χ1) is 16.4. The van der Waals surface area contributed by atoms with Gasteiger partial charge in [-0.1, -0.05) is 47.0 Å². The number of halogens is 1. The second kappa shape index (κ2) is 10.4. The van der Waals surface area contributed by atoms with Gasteiger partial charge >= 0.3 is 0 Å². The van der Waals surface area contributed by atoms with Crippen LogP contribution in [0.2, 0.25) is 5.02 Å². The van der Waals surface area contributed by atoms with Crippen LogP contribution in [-0.4, -0.2) is 34.0 Å². The van der Waals surface area contributed by atoms with Crippen molar-refractivity contribution in [1.29, 1.82) is 0 Å². The van der Waals surface area contributed by atoms with E-state index >= 15 is 0 Å². The van der Waals surface area contributed by atoms with Gasteiger partial charge in [-0.2, -0.15) is 0 Å². The minimum absolute atomic E-state index is 0.213. The van der Waals surface area contributed by atoms with Crippen molar-refractivity contribution >= 4 is 39.8 Å². The number of ether oxygens (including phenoxy) is 2. The van der Waals surface area contributed by atoms with Crippen LogP contribution in [-0.2, 0) is 6.61 Å². The molecule has 2 aromatic carbocycles.